The van der Waals surface area contributed by atoms with Crippen molar-refractivity contribution in [3.8, 4) is 5.75 Å². The van der Waals surface area contributed by atoms with Gasteiger partial charge >= 0.3 is 5.91 Å². The van der Waals surface area contributed by atoms with Crippen molar-refractivity contribution in [1.82, 2.24) is 0 Å². The molecule has 0 saturated heterocycles. The van der Waals surface area contributed by atoms with Crippen LogP contribution in [0.3, 0.4) is 0 Å². The molecule has 4 rings (SSSR count). The summed E-state index contributed by atoms with van der Waals surface area (Å²) >= 11 is 0. The highest BCUT2D eigenvalue weighted by Crippen LogP contribution is 2.30. The van der Waals surface area contributed by atoms with Crippen molar-refractivity contribution in [2.24, 2.45) is 10.2 Å². The molecule has 170 valence electrons. The van der Waals surface area contributed by atoms with E-state index < -0.39 is 5.91 Å². The predicted molar refractivity (Wildman–Crippen MR) is 132 cm³/mol. The van der Waals surface area contributed by atoms with Gasteiger partial charge in [-0.2, -0.15) is 15.2 Å². The molecule has 0 unspecified atom stereocenters. The fourth-order valence-corrected chi connectivity index (χ4v) is 3.46. The Balaban J connectivity index is 1.56. The number of aryl methyl sites for hydroxylation is 1. The van der Waals surface area contributed by atoms with Crippen molar-refractivity contribution in [1.29, 1.82) is 0 Å². The van der Waals surface area contributed by atoms with Gasteiger partial charge in [-0.05, 0) is 43.7 Å². The molecular formula is C26H21FN4O3. The molecule has 0 fully saturated rings. The number of halogens is 1. The van der Waals surface area contributed by atoms with Crippen molar-refractivity contribution in [3.63, 3.8) is 0 Å². The minimum absolute atomic E-state index is 0.0684. The number of para-hydroxylation sites is 1. The van der Waals surface area contributed by atoms with Crippen molar-refractivity contribution in [3.05, 3.63) is 88.7 Å². The van der Waals surface area contributed by atoms with E-state index in [1.807, 2.05) is 0 Å². The van der Waals surface area contributed by atoms with Gasteiger partial charge in [0, 0.05) is 16.7 Å². The van der Waals surface area contributed by atoms with Crippen molar-refractivity contribution in [2.75, 3.05) is 10.4 Å². The number of carbonyl (C=O) groups is 2. The lowest BCUT2D eigenvalue weighted by Gasteiger charge is -2.11. The van der Waals surface area contributed by atoms with Crippen LogP contribution in [0.1, 0.15) is 34.0 Å². The Morgan fingerprint density at radius 2 is 1.82 bits per heavy atom. The maximum atomic E-state index is 14.1. The summed E-state index contributed by atoms with van der Waals surface area (Å²) in [5, 5.41) is 20.2. The SMILES string of the molecule is CC1=NN(c2cccc(C=O)c2)C(=O)/C1=N\Nc1cccc(/C=C/c2c(C)cccc2F)c1O. The molecule has 34 heavy (non-hydrogen) atoms. The van der Waals surface area contributed by atoms with E-state index in [-0.39, 0.29) is 23.0 Å². The number of nitrogens with zero attached hydrogens (tertiary/aromatic N) is 3. The van der Waals surface area contributed by atoms with Crippen molar-refractivity contribution in [2.45, 2.75) is 13.8 Å². The zero-order valence-corrected chi connectivity index (χ0v) is 18.5. The number of anilines is 2. The zero-order chi connectivity index (χ0) is 24.2. The lowest BCUT2D eigenvalue weighted by atomic mass is 10.1. The van der Waals surface area contributed by atoms with Crippen LogP contribution in [0.15, 0.2) is 70.9 Å². The number of carbonyl (C=O) groups excluding carboxylic acids is 2. The molecule has 8 heteroatoms. The number of aldehydes is 1. The lowest BCUT2D eigenvalue weighted by molar-refractivity contribution is -0.112. The average molecular weight is 456 g/mol. The highest BCUT2D eigenvalue weighted by atomic mass is 19.1. The van der Waals surface area contributed by atoms with Crippen LogP contribution in [0.2, 0.25) is 0 Å². The monoisotopic (exact) mass is 456 g/mol. The predicted octanol–water partition coefficient (Wildman–Crippen LogP) is 5.01. The van der Waals surface area contributed by atoms with Crippen LogP contribution in [0.4, 0.5) is 15.8 Å². The number of benzene rings is 3. The molecule has 7 nitrogen and oxygen atoms in total. The third kappa shape index (κ3) is 4.47. The highest BCUT2D eigenvalue weighted by Gasteiger charge is 2.31. The number of hydrogen-bond donors (Lipinski definition) is 2. The van der Waals surface area contributed by atoms with E-state index in [2.05, 4.69) is 15.6 Å². The molecule has 0 bridgehead atoms. The molecule has 0 aliphatic carbocycles. The third-order valence-corrected chi connectivity index (χ3v) is 5.29. The second kappa shape index (κ2) is 9.50. The molecule has 0 spiro atoms. The number of rotatable bonds is 6. The van der Waals surface area contributed by atoms with Crippen molar-refractivity contribution < 1.29 is 19.1 Å². The number of nitrogens with one attached hydrogen (secondary N) is 1. The van der Waals surface area contributed by atoms with E-state index in [0.717, 1.165) is 5.56 Å². The molecule has 3 aromatic rings. The summed E-state index contributed by atoms with van der Waals surface area (Å²) in [5.41, 5.74) is 5.94. The van der Waals surface area contributed by atoms with Crippen molar-refractivity contribution >= 4 is 47.1 Å². The number of amides is 1. The molecular weight excluding hydrogens is 435 g/mol. The molecule has 1 amide bonds. The normalized spacial score (nSPS) is 14.7. The van der Waals surface area contributed by atoms with Gasteiger partial charge < -0.3 is 5.11 Å². The van der Waals surface area contributed by atoms with Crippen LogP contribution < -0.4 is 10.4 Å². The molecule has 0 aromatic heterocycles. The first-order valence-corrected chi connectivity index (χ1v) is 10.4. The smallest absolute Gasteiger partial charge is 0.301 e. The van der Waals surface area contributed by atoms with E-state index in [4.69, 9.17) is 0 Å². The third-order valence-electron chi connectivity index (χ3n) is 5.29. The molecule has 0 radical (unpaired) electrons. The van der Waals surface area contributed by atoms with Gasteiger partial charge in [0.1, 0.15) is 17.9 Å². The number of aromatic hydroxyl groups is 1. The van der Waals surface area contributed by atoms with E-state index in [9.17, 15) is 19.1 Å². The van der Waals surface area contributed by atoms with Crippen LogP contribution >= 0.6 is 0 Å². The van der Waals surface area contributed by atoms with Crippen LogP contribution in [0.5, 0.6) is 5.75 Å². The number of hydrazone groups is 2. The summed E-state index contributed by atoms with van der Waals surface area (Å²) in [5.74, 6) is -0.930. The summed E-state index contributed by atoms with van der Waals surface area (Å²) in [6.07, 6.45) is 3.89. The van der Waals surface area contributed by atoms with E-state index in [0.29, 0.717) is 34.4 Å². The first kappa shape index (κ1) is 22.6. The van der Waals surface area contributed by atoms with Gasteiger partial charge in [-0.25, -0.2) is 4.39 Å². The molecule has 1 aliphatic heterocycles. The quantitative estimate of drug-likeness (QED) is 0.236. The van der Waals surface area contributed by atoms with E-state index in [1.165, 1.54) is 11.1 Å². The first-order valence-electron chi connectivity index (χ1n) is 10.4. The van der Waals surface area contributed by atoms with Crippen LogP contribution in [-0.4, -0.2) is 28.7 Å². The Morgan fingerprint density at radius 3 is 2.59 bits per heavy atom. The summed E-state index contributed by atoms with van der Waals surface area (Å²) in [6, 6.07) is 16.3. The highest BCUT2D eigenvalue weighted by molar-refractivity contribution is 6.71. The zero-order valence-electron chi connectivity index (χ0n) is 18.5. The van der Waals surface area contributed by atoms with E-state index in [1.54, 1.807) is 80.6 Å². The Bertz CT molecular complexity index is 1360. The van der Waals surface area contributed by atoms with Gasteiger partial charge in [-0.15, -0.1) is 0 Å². The van der Waals surface area contributed by atoms with Gasteiger partial charge in [-0.3, -0.25) is 15.0 Å². The molecule has 2 N–H and O–H groups in total. The number of phenols is 1. The second-order valence-electron chi connectivity index (χ2n) is 7.63. The summed E-state index contributed by atoms with van der Waals surface area (Å²) in [6.45, 7) is 3.44. The molecule has 1 heterocycles. The van der Waals surface area contributed by atoms with Gasteiger partial charge in [0.25, 0.3) is 0 Å². The molecule has 3 aromatic carbocycles. The summed E-state index contributed by atoms with van der Waals surface area (Å²) in [7, 11) is 0. The van der Waals surface area contributed by atoms with Gasteiger partial charge in [0.15, 0.2) is 5.71 Å². The van der Waals surface area contributed by atoms with Gasteiger partial charge in [0.05, 0.1) is 17.1 Å². The Morgan fingerprint density at radius 1 is 1.06 bits per heavy atom. The minimum Gasteiger partial charge on any atom is -0.505 e. The fraction of sp³-hybridized carbons (Fsp3) is 0.0769. The molecule has 1 aliphatic rings. The summed E-state index contributed by atoms with van der Waals surface area (Å²) < 4.78 is 14.1. The molecule has 0 atom stereocenters. The van der Waals surface area contributed by atoms with Crippen LogP contribution in [-0.2, 0) is 4.79 Å². The van der Waals surface area contributed by atoms with E-state index >= 15 is 0 Å². The van der Waals surface area contributed by atoms with Crippen LogP contribution in [0, 0.1) is 12.7 Å². The topological polar surface area (TPSA) is 94.4 Å². The first-order chi connectivity index (χ1) is 16.4. The van der Waals surface area contributed by atoms with Gasteiger partial charge in [0.2, 0.25) is 0 Å². The standard InChI is InChI=1S/C26H21FN4O3/c1-16-6-3-10-22(27)21(16)13-12-19-8-5-11-23(25(19)33)28-29-24-17(2)30-31(26(24)34)20-9-4-7-18(14-20)15-32/h3-15,28,33H,1-2H3/b13-12+,29-24-. The Labute approximate surface area is 195 Å². The minimum atomic E-state index is -0.474. The second-order valence-corrected chi connectivity index (χ2v) is 7.63. The molecule has 0 saturated carbocycles. The largest absolute Gasteiger partial charge is 0.505 e. The Kier molecular flexibility index (Phi) is 6.31. The number of phenolic OH excluding ortho intramolecular Hbond substituents is 1. The average Bonchev–Trinajstić information content (AvgIpc) is 3.12. The number of hydrogen-bond acceptors (Lipinski definition) is 6. The lowest BCUT2D eigenvalue weighted by Crippen LogP contribution is -2.28. The maximum absolute atomic E-state index is 14.1. The fourth-order valence-electron chi connectivity index (χ4n) is 3.46. The summed E-state index contributed by atoms with van der Waals surface area (Å²) in [4.78, 5) is 23.9. The Hall–Kier alpha value is -4.59. The van der Waals surface area contributed by atoms with Gasteiger partial charge in [-0.1, -0.05) is 48.6 Å². The maximum Gasteiger partial charge on any atom is 0.301 e. The van der Waals surface area contributed by atoms with Crippen LogP contribution in [0.25, 0.3) is 12.2 Å².